The number of aromatic nitrogens is 1. The van der Waals surface area contributed by atoms with E-state index < -0.39 is 5.82 Å². The summed E-state index contributed by atoms with van der Waals surface area (Å²) < 4.78 is 13.2. The highest BCUT2D eigenvalue weighted by atomic mass is 35.5. The maximum atomic E-state index is 13.2. The number of oxime groups is 1. The van der Waals surface area contributed by atoms with E-state index in [0.717, 1.165) is 0 Å². The largest absolute Gasteiger partial charge is 0.409 e. The number of rotatable bonds is 3. The summed E-state index contributed by atoms with van der Waals surface area (Å²) in [5, 5.41) is 12.8. The molecule has 0 radical (unpaired) electrons. The van der Waals surface area contributed by atoms with Crippen LogP contribution in [0.15, 0.2) is 51.6 Å². The standard InChI is InChI=1S/C12H9ClFN3OS/c13-7-1-4-11(16-6-7)19-10-3-2-8(14)5-9(10)12(15)17-18/h1-6,18H,(H2,15,17). The fourth-order valence-electron chi connectivity index (χ4n) is 1.38. The summed E-state index contributed by atoms with van der Waals surface area (Å²) in [6.45, 7) is 0. The molecule has 2 rings (SSSR count). The highest BCUT2D eigenvalue weighted by Gasteiger charge is 2.10. The minimum atomic E-state index is -0.463. The summed E-state index contributed by atoms with van der Waals surface area (Å²) in [7, 11) is 0. The molecule has 0 aliphatic rings. The zero-order valence-corrected chi connectivity index (χ0v) is 11.1. The van der Waals surface area contributed by atoms with Crippen LogP contribution in [0.2, 0.25) is 5.02 Å². The topological polar surface area (TPSA) is 71.5 Å². The molecule has 4 nitrogen and oxygen atoms in total. The molecule has 1 aromatic heterocycles. The van der Waals surface area contributed by atoms with Crippen LogP contribution in [0, 0.1) is 5.82 Å². The van der Waals surface area contributed by atoms with Gasteiger partial charge in [0, 0.05) is 16.7 Å². The molecule has 1 aromatic carbocycles. The van der Waals surface area contributed by atoms with Crippen molar-refractivity contribution in [3.8, 4) is 0 Å². The maximum absolute atomic E-state index is 13.2. The molecule has 98 valence electrons. The van der Waals surface area contributed by atoms with Gasteiger partial charge in [-0.2, -0.15) is 0 Å². The Labute approximate surface area is 118 Å². The molecule has 0 unspecified atom stereocenters. The van der Waals surface area contributed by atoms with Crippen LogP contribution in [0.3, 0.4) is 0 Å². The Hall–Kier alpha value is -1.79. The highest BCUT2D eigenvalue weighted by molar-refractivity contribution is 7.99. The van der Waals surface area contributed by atoms with Gasteiger partial charge in [-0.05, 0) is 30.3 Å². The van der Waals surface area contributed by atoms with E-state index in [1.807, 2.05) is 0 Å². The van der Waals surface area contributed by atoms with Gasteiger partial charge in [0.2, 0.25) is 0 Å². The Kier molecular flexibility index (Phi) is 4.24. The fourth-order valence-corrected chi connectivity index (χ4v) is 2.37. The number of nitrogens with zero attached hydrogens (tertiary/aromatic N) is 2. The van der Waals surface area contributed by atoms with Crippen LogP contribution in [0.4, 0.5) is 4.39 Å². The Bertz CT molecular complexity index is 619. The van der Waals surface area contributed by atoms with Crippen LogP contribution in [0.1, 0.15) is 5.56 Å². The number of benzene rings is 1. The van der Waals surface area contributed by atoms with E-state index in [1.54, 1.807) is 18.2 Å². The predicted molar refractivity (Wildman–Crippen MR) is 72.3 cm³/mol. The lowest BCUT2D eigenvalue weighted by molar-refractivity contribution is 0.318. The highest BCUT2D eigenvalue weighted by Crippen LogP contribution is 2.30. The number of hydrogen-bond acceptors (Lipinski definition) is 4. The van der Waals surface area contributed by atoms with Gasteiger partial charge in [-0.1, -0.05) is 28.5 Å². The molecule has 0 bridgehead atoms. The van der Waals surface area contributed by atoms with Gasteiger partial charge in [-0.3, -0.25) is 0 Å². The van der Waals surface area contributed by atoms with Gasteiger partial charge in [0.15, 0.2) is 5.84 Å². The van der Waals surface area contributed by atoms with Crippen LogP contribution in [-0.2, 0) is 0 Å². The molecule has 0 saturated heterocycles. The van der Waals surface area contributed by atoms with Crippen LogP contribution in [-0.4, -0.2) is 16.0 Å². The first kappa shape index (κ1) is 13.6. The lowest BCUT2D eigenvalue weighted by Gasteiger charge is -2.07. The van der Waals surface area contributed by atoms with Gasteiger partial charge < -0.3 is 10.9 Å². The lowest BCUT2D eigenvalue weighted by atomic mass is 10.2. The fraction of sp³-hybridized carbons (Fsp3) is 0. The molecule has 1 heterocycles. The Balaban J connectivity index is 2.37. The Morgan fingerprint density at radius 3 is 2.79 bits per heavy atom. The average Bonchev–Trinajstić information content (AvgIpc) is 2.42. The van der Waals surface area contributed by atoms with Crippen LogP contribution in [0.5, 0.6) is 0 Å². The van der Waals surface area contributed by atoms with E-state index in [4.69, 9.17) is 22.5 Å². The van der Waals surface area contributed by atoms with E-state index in [1.165, 1.54) is 30.1 Å². The minimum absolute atomic E-state index is 0.157. The number of halogens is 2. The second kappa shape index (κ2) is 5.90. The molecule has 0 spiro atoms. The monoisotopic (exact) mass is 297 g/mol. The zero-order chi connectivity index (χ0) is 13.8. The number of pyridine rings is 1. The lowest BCUT2D eigenvalue weighted by Crippen LogP contribution is -2.14. The third-order valence-corrected chi connectivity index (χ3v) is 3.49. The van der Waals surface area contributed by atoms with Gasteiger partial charge in [-0.25, -0.2) is 9.37 Å². The molecule has 0 amide bonds. The first-order chi connectivity index (χ1) is 9.10. The second-order valence-electron chi connectivity index (χ2n) is 3.54. The molecule has 19 heavy (non-hydrogen) atoms. The smallest absolute Gasteiger partial charge is 0.171 e. The summed E-state index contributed by atoms with van der Waals surface area (Å²) in [6, 6.07) is 7.47. The molecular formula is C12H9ClFN3OS. The summed E-state index contributed by atoms with van der Waals surface area (Å²) in [5.41, 5.74) is 5.83. The van der Waals surface area contributed by atoms with Gasteiger partial charge in [0.25, 0.3) is 0 Å². The van der Waals surface area contributed by atoms with Gasteiger partial charge in [-0.15, -0.1) is 0 Å². The SMILES string of the molecule is NC(=NO)c1cc(F)ccc1Sc1ccc(Cl)cn1. The molecule has 2 aromatic rings. The Morgan fingerprint density at radius 1 is 1.37 bits per heavy atom. The van der Waals surface area contributed by atoms with Crippen molar-refractivity contribution in [2.45, 2.75) is 9.92 Å². The first-order valence-electron chi connectivity index (χ1n) is 5.17. The van der Waals surface area contributed by atoms with Crippen LogP contribution < -0.4 is 5.73 Å². The normalized spacial score (nSPS) is 11.6. The van der Waals surface area contributed by atoms with Crippen molar-refractivity contribution in [1.29, 1.82) is 0 Å². The summed E-state index contributed by atoms with van der Waals surface area (Å²) in [5.74, 6) is -0.619. The van der Waals surface area contributed by atoms with Crippen molar-refractivity contribution >= 4 is 29.2 Å². The van der Waals surface area contributed by atoms with Crippen LogP contribution >= 0.6 is 23.4 Å². The number of amidine groups is 1. The summed E-state index contributed by atoms with van der Waals surface area (Å²) in [4.78, 5) is 4.75. The van der Waals surface area contributed by atoms with Crippen molar-refractivity contribution < 1.29 is 9.60 Å². The average molecular weight is 298 g/mol. The molecule has 0 fully saturated rings. The van der Waals surface area contributed by atoms with E-state index in [2.05, 4.69) is 10.1 Å². The second-order valence-corrected chi connectivity index (χ2v) is 5.04. The van der Waals surface area contributed by atoms with E-state index >= 15 is 0 Å². The molecule has 0 atom stereocenters. The zero-order valence-electron chi connectivity index (χ0n) is 9.55. The summed E-state index contributed by atoms with van der Waals surface area (Å²) >= 11 is 7.01. The molecule has 7 heteroatoms. The first-order valence-corrected chi connectivity index (χ1v) is 6.36. The number of hydrogen-bond donors (Lipinski definition) is 2. The van der Waals surface area contributed by atoms with Gasteiger partial charge in [0.1, 0.15) is 10.8 Å². The van der Waals surface area contributed by atoms with Crippen molar-refractivity contribution in [3.63, 3.8) is 0 Å². The molecule has 3 N–H and O–H groups in total. The van der Waals surface area contributed by atoms with Crippen molar-refractivity contribution in [1.82, 2.24) is 4.98 Å². The predicted octanol–water partition coefficient (Wildman–Crippen LogP) is 3.12. The van der Waals surface area contributed by atoms with Gasteiger partial charge in [0.05, 0.1) is 5.02 Å². The van der Waals surface area contributed by atoms with Gasteiger partial charge >= 0.3 is 0 Å². The third-order valence-electron chi connectivity index (χ3n) is 2.24. The third kappa shape index (κ3) is 3.36. The number of nitrogens with two attached hydrogens (primary N) is 1. The van der Waals surface area contributed by atoms with E-state index in [-0.39, 0.29) is 5.84 Å². The van der Waals surface area contributed by atoms with Crippen molar-refractivity contribution in [3.05, 3.63) is 52.9 Å². The Morgan fingerprint density at radius 2 is 2.16 bits per heavy atom. The summed E-state index contributed by atoms with van der Waals surface area (Å²) in [6.07, 6.45) is 1.51. The molecular weight excluding hydrogens is 289 g/mol. The maximum Gasteiger partial charge on any atom is 0.171 e. The molecule has 0 saturated carbocycles. The van der Waals surface area contributed by atoms with E-state index in [0.29, 0.717) is 20.5 Å². The van der Waals surface area contributed by atoms with Crippen molar-refractivity contribution in [2.24, 2.45) is 10.9 Å². The van der Waals surface area contributed by atoms with Crippen LogP contribution in [0.25, 0.3) is 0 Å². The quantitative estimate of drug-likeness (QED) is 0.395. The minimum Gasteiger partial charge on any atom is -0.409 e. The van der Waals surface area contributed by atoms with Crippen molar-refractivity contribution in [2.75, 3.05) is 0 Å². The van der Waals surface area contributed by atoms with E-state index in [9.17, 15) is 4.39 Å². The molecule has 0 aliphatic heterocycles. The molecule has 0 aliphatic carbocycles.